The van der Waals surface area contributed by atoms with Gasteiger partial charge in [0.05, 0.1) is 12.6 Å². The molecule has 4 nitrogen and oxygen atoms in total. The summed E-state index contributed by atoms with van der Waals surface area (Å²) < 4.78 is 11.9. The molecule has 168 valence electrons. The van der Waals surface area contributed by atoms with Crippen LogP contribution < -0.4 is 14.8 Å². The molecule has 1 N–H and O–H groups in total. The molecule has 0 radical (unpaired) electrons. The number of halogens is 1. The van der Waals surface area contributed by atoms with Crippen molar-refractivity contribution in [2.24, 2.45) is 0 Å². The number of nitrogens with one attached hydrogen (secondary N) is 1. The van der Waals surface area contributed by atoms with Gasteiger partial charge in [-0.2, -0.15) is 0 Å². The van der Waals surface area contributed by atoms with Crippen molar-refractivity contribution < 1.29 is 14.3 Å². The second-order valence-electron chi connectivity index (χ2n) is 8.00. The molecular weight excluding hydrogens is 422 g/mol. The fraction of sp³-hybridized carbons (Fsp3) is 0.296. The van der Waals surface area contributed by atoms with Crippen molar-refractivity contribution in [3.63, 3.8) is 0 Å². The lowest BCUT2D eigenvalue weighted by Gasteiger charge is -2.17. The van der Waals surface area contributed by atoms with Crippen molar-refractivity contribution in [3.8, 4) is 11.5 Å². The highest BCUT2D eigenvalue weighted by Gasteiger charge is 2.15. The first-order valence-electron chi connectivity index (χ1n) is 10.8. The zero-order valence-corrected chi connectivity index (χ0v) is 20.0. The quantitative estimate of drug-likeness (QED) is 0.412. The van der Waals surface area contributed by atoms with E-state index in [1.807, 2.05) is 56.3 Å². The summed E-state index contributed by atoms with van der Waals surface area (Å²) in [5.74, 6) is 1.41. The molecule has 3 aromatic carbocycles. The number of hydrogen-bond acceptors (Lipinski definition) is 3. The van der Waals surface area contributed by atoms with Gasteiger partial charge in [-0.05, 0) is 93.3 Å². The van der Waals surface area contributed by atoms with Gasteiger partial charge in [0.1, 0.15) is 18.1 Å². The Morgan fingerprint density at radius 1 is 0.969 bits per heavy atom. The fourth-order valence-electron chi connectivity index (χ4n) is 3.55. The minimum Gasteiger partial charge on any atom is -0.493 e. The van der Waals surface area contributed by atoms with E-state index in [1.54, 1.807) is 6.07 Å². The van der Waals surface area contributed by atoms with Crippen LogP contribution in [0.4, 0.5) is 0 Å². The summed E-state index contributed by atoms with van der Waals surface area (Å²) in [4.78, 5) is 12.9. The molecule has 0 bridgehead atoms. The summed E-state index contributed by atoms with van der Waals surface area (Å²) in [7, 11) is 0. The highest BCUT2D eigenvalue weighted by molar-refractivity contribution is 6.30. The number of carbonyl (C=O) groups excluding carboxylic acids is 1. The number of rotatable bonds is 8. The average molecular weight is 452 g/mol. The van der Waals surface area contributed by atoms with E-state index in [-0.39, 0.29) is 11.9 Å². The second-order valence-corrected chi connectivity index (χ2v) is 8.43. The van der Waals surface area contributed by atoms with E-state index in [2.05, 4.69) is 32.2 Å². The number of amides is 1. The van der Waals surface area contributed by atoms with Crippen LogP contribution in [0.25, 0.3) is 0 Å². The average Bonchev–Trinajstić information content (AvgIpc) is 2.76. The molecule has 0 aromatic heterocycles. The Kier molecular flexibility index (Phi) is 7.81. The lowest BCUT2D eigenvalue weighted by atomic mass is 10.1. The monoisotopic (exact) mass is 451 g/mol. The van der Waals surface area contributed by atoms with Crippen molar-refractivity contribution in [1.29, 1.82) is 0 Å². The SMILES string of the molecule is CCOc1ccc(C(=O)NC(C)c2ccc(Cl)cc2)cc1COc1cc(C)cc(C)c1C. The molecule has 0 aliphatic rings. The molecule has 0 spiro atoms. The molecule has 0 aliphatic carbocycles. The second kappa shape index (κ2) is 10.6. The van der Waals surface area contributed by atoms with Crippen LogP contribution in [-0.2, 0) is 6.61 Å². The van der Waals surface area contributed by atoms with E-state index in [1.165, 1.54) is 5.56 Å². The number of carbonyl (C=O) groups is 1. The van der Waals surface area contributed by atoms with Gasteiger partial charge in [-0.15, -0.1) is 0 Å². The Labute approximate surface area is 195 Å². The predicted molar refractivity (Wildman–Crippen MR) is 130 cm³/mol. The van der Waals surface area contributed by atoms with Crippen molar-refractivity contribution in [3.05, 3.63) is 93.0 Å². The summed E-state index contributed by atoms with van der Waals surface area (Å²) in [6.07, 6.45) is 0. The summed E-state index contributed by atoms with van der Waals surface area (Å²) >= 11 is 5.97. The minimum absolute atomic E-state index is 0.149. The predicted octanol–water partition coefficient (Wildman–Crippen LogP) is 6.73. The van der Waals surface area contributed by atoms with Gasteiger partial charge in [0.15, 0.2) is 0 Å². The van der Waals surface area contributed by atoms with Crippen molar-refractivity contribution in [2.45, 2.75) is 47.3 Å². The van der Waals surface area contributed by atoms with Crippen LogP contribution in [0.1, 0.15) is 58.1 Å². The summed E-state index contributed by atoms with van der Waals surface area (Å²) in [5, 5.41) is 3.71. The minimum atomic E-state index is -0.153. The highest BCUT2D eigenvalue weighted by atomic mass is 35.5. The van der Waals surface area contributed by atoms with E-state index in [0.29, 0.717) is 23.8 Å². The first-order chi connectivity index (χ1) is 15.3. The van der Waals surface area contributed by atoms with E-state index >= 15 is 0 Å². The summed E-state index contributed by atoms with van der Waals surface area (Å²) in [5.41, 5.74) is 5.83. The van der Waals surface area contributed by atoms with Gasteiger partial charge in [-0.25, -0.2) is 0 Å². The Bertz CT molecular complexity index is 1090. The Morgan fingerprint density at radius 2 is 1.69 bits per heavy atom. The molecule has 1 unspecified atom stereocenters. The van der Waals surface area contributed by atoms with E-state index in [9.17, 15) is 4.79 Å². The molecule has 0 saturated carbocycles. The van der Waals surface area contributed by atoms with Crippen LogP contribution in [-0.4, -0.2) is 12.5 Å². The molecular formula is C27H30ClNO3. The van der Waals surface area contributed by atoms with Crippen LogP contribution in [0, 0.1) is 20.8 Å². The van der Waals surface area contributed by atoms with Crippen LogP contribution in [0.3, 0.4) is 0 Å². The third-order valence-electron chi connectivity index (χ3n) is 5.49. The van der Waals surface area contributed by atoms with E-state index < -0.39 is 0 Å². The Morgan fingerprint density at radius 3 is 2.38 bits per heavy atom. The zero-order chi connectivity index (χ0) is 23.3. The Hall–Kier alpha value is -2.98. The molecule has 3 rings (SSSR count). The van der Waals surface area contributed by atoms with Gasteiger partial charge in [0.2, 0.25) is 0 Å². The number of benzene rings is 3. The number of aryl methyl sites for hydroxylation is 2. The maximum absolute atomic E-state index is 12.9. The largest absolute Gasteiger partial charge is 0.493 e. The normalized spacial score (nSPS) is 11.7. The zero-order valence-electron chi connectivity index (χ0n) is 19.3. The van der Waals surface area contributed by atoms with Gasteiger partial charge >= 0.3 is 0 Å². The van der Waals surface area contributed by atoms with Gasteiger partial charge in [0.25, 0.3) is 5.91 Å². The number of hydrogen-bond donors (Lipinski definition) is 1. The third kappa shape index (κ3) is 5.83. The first kappa shape index (κ1) is 23.7. The lowest BCUT2D eigenvalue weighted by Crippen LogP contribution is -2.26. The van der Waals surface area contributed by atoms with E-state index in [4.69, 9.17) is 21.1 Å². The molecule has 5 heteroatoms. The summed E-state index contributed by atoms with van der Waals surface area (Å²) in [6.45, 7) is 10.9. The highest BCUT2D eigenvalue weighted by Crippen LogP contribution is 2.27. The molecule has 3 aromatic rings. The summed E-state index contributed by atoms with van der Waals surface area (Å²) in [6, 6.07) is 16.9. The maximum Gasteiger partial charge on any atom is 0.251 e. The topological polar surface area (TPSA) is 47.6 Å². The van der Waals surface area contributed by atoms with Gasteiger partial charge in [-0.3, -0.25) is 4.79 Å². The van der Waals surface area contributed by atoms with Crippen LogP contribution in [0.15, 0.2) is 54.6 Å². The smallest absolute Gasteiger partial charge is 0.251 e. The fourth-order valence-corrected chi connectivity index (χ4v) is 3.68. The number of ether oxygens (including phenoxy) is 2. The standard InChI is InChI=1S/C27H30ClNO3/c1-6-31-25-12-9-22(27(30)29-20(5)21-7-10-24(28)11-8-21)15-23(25)16-32-26-14-17(2)13-18(3)19(26)4/h7-15,20H,6,16H2,1-5H3,(H,29,30). The third-order valence-corrected chi connectivity index (χ3v) is 5.74. The van der Waals surface area contributed by atoms with Gasteiger partial charge in [-0.1, -0.05) is 29.8 Å². The van der Waals surface area contributed by atoms with Crippen LogP contribution in [0.2, 0.25) is 5.02 Å². The van der Waals surface area contributed by atoms with Gasteiger partial charge in [0, 0.05) is 16.1 Å². The molecule has 32 heavy (non-hydrogen) atoms. The first-order valence-corrected chi connectivity index (χ1v) is 11.2. The lowest BCUT2D eigenvalue weighted by molar-refractivity contribution is 0.0939. The molecule has 1 atom stereocenters. The van der Waals surface area contributed by atoms with E-state index in [0.717, 1.165) is 33.8 Å². The van der Waals surface area contributed by atoms with Crippen molar-refractivity contribution in [2.75, 3.05) is 6.61 Å². The van der Waals surface area contributed by atoms with Crippen molar-refractivity contribution >= 4 is 17.5 Å². The van der Waals surface area contributed by atoms with Crippen LogP contribution in [0.5, 0.6) is 11.5 Å². The maximum atomic E-state index is 12.9. The van der Waals surface area contributed by atoms with Gasteiger partial charge < -0.3 is 14.8 Å². The molecule has 0 saturated heterocycles. The molecule has 0 fully saturated rings. The molecule has 0 heterocycles. The van der Waals surface area contributed by atoms with Crippen LogP contribution >= 0.6 is 11.6 Å². The Balaban J connectivity index is 1.79. The van der Waals surface area contributed by atoms with Crippen molar-refractivity contribution in [1.82, 2.24) is 5.32 Å². The molecule has 1 amide bonds. The molecule has 0 aliphatic heterocycles.